The summed E-state index contributed by atoms with van der Waals surface area (Å²) < 4.78 is 26.3. The summed E-state index contributed by atoms with van der Waals surface area (Å²) in [6.45, 7) is 2.16. The van der Waals surface area contributed by atoms with Crippen LogP contribution in [0.2, 0.25) is 0 Å². The van der Waals surface area contributed by atoms with Crippen molar-refractivity contribution in [3.8, 4) is 0 Å². The van der Waals surface area contributed by atoms with Gasteiger partial charge in [0.2, 0.25) is 5.92 Å². The minimum atomic E-state index is -2.58. The molecule has 0 aromatic heterocycles. The van der Waals surface area contributed by atoms with Crippen molar-refractivity contribution in [3.05, 3.63) is 0 Å². The summed E-state index contributed by atoms with van der Waals surface area (Å²) in [5.74, 6) is -1.97. The molecular weight excluding hydrogens is 224 g/mol. The van der Waals surface area contributed by atoms with E-state index >= 15 is 0 Å². The van der Waals surface area contributed by atoms with Gasteiger partial charge in [-0.05, 0) is 44.4 Å². The number of aliphatic hydroxyl groups is 1. The van der Waals surface area contributed by atoms with Gasteiger partial charge >= 0.3 is 0 Å². The van der Waals surface area contributed by atoms with E-state index in [9.17, 15) is 13.9 Å². The maximum absolute atomic E-state index is 13.2. The molecule has 0 unspecified atom stereocenters. The van der Waals surface area contributed by atoms with E-state index in [0.29, 0.717) is 18.8 Å². The molecular formula is C13H23F2NO. The van der Waals surface area contributed by atoms with Crippen molar-refractivity contribution in [2.75, 3.05) is 0 Å². The molecule has 2 saturated carbocycles. The summed E-state index contributed by atoms with van der Waals surface area (Å²) in [5, 5.41) is 10.7. The monoisotopic (exact) mass is 247 g/mol. The Morgan fingerprint density at radius 2 is 1.47 bits per heavy atom. The van der Waals surface area contributed by atoms with Crippen molar-refractivity contribution in [1.82, 2.24) is 0 Å². The Bertz CT molecular complexity index is 275. The Morgan fingerprint density at radius 3 is 1.94 bits per heavy atom. The summed E-state index contributed by atoms with van der Waals surface area (Å²) in [6, 6.07) is 0. The van der Waals surface area contributed by atoms with Crippen molar-refractivity contribution in [3.63, 3.8) is 0 Å². The molecule has 0 aliphatic heterocycles. The van der Waals surface area contributed by atoms with Gasteiger partial charge in [0.05, 0.1) is 5.60 Å². The second kappa shape index (κ2) is 4.16. The van der Waals surface area contributed by atoms with E-state index in [-0.39, 0.29) is 25.7 Å². The van der Waals surface area contributed by atoms with Crippen molar-refractivity contribution >= 4 is 0 Å². The summed E-state index contributed by atoms with van der Waals surface area (Å²) in [5.41, 5.74) is 4.53. The minimum absolute atomic E-state index is 0.179. The van der Waals surface area contributed by atoms with Crippen molar-refractivity contribution in [2.45, 2.75) is 75.4 Å². The maximum Gasteiger partial charge on any atom is 0.248 e. The number of alkyl halides is 2. The van der Waals surface area contributed by atoms with Crippen LogP contribution in [0.5, 0.6) is 0 Å². The van der Waals surface area contributed by atoms with Gasteiger partial charge in [-0.2, -0.15) is 0 Å². The van der Waals surface area contributed by atoms with Crippen LogP contribution in [0.15, 0.2) is 0 Å². The number of nitrogens with two attached hydrogens (primary N) is 1. The van der Waals surface area contributed by atoms with Crippen LogP contribution >= 0.6 is 0 Å². The van der Waals surface area contributed by atoms with Crippen LogP contribution in [0.4, 0.5) is 8.78 Å². The van der Waals surface area contributed by atoms with E-state index in [0.717, 1.165) is 12.8 Å². The van der Waals surface area contributed by atoms with Crippen LogP contribution in [-0.4, -0.2) is 22.2 Å². The molecule has 0 spiro atoms. The molecule has 0 atom stereocenters. The molecule has 0 heterocycles. The molecule has 100 valence electrons. The van der Waals surface area contributed by atoms with E-state index in [1.54, 1.807) is 0 Å². The number of rotatable bonds is 1. The van der Waals surface area contributed by atoms with Crippen LogP contribution in [0, 0.1) is 5.92 Å². The van der Waals surface area contributed by atoms with Crippen LogP contribution < -0.4 is 5.73 Å². The third-order valence-corrected chi connectivity index (χ3v) is 4.90. The smallest absolute Gasteiger partial charge is 0.248 e. The number of hydrogen-bond donors (Lipinski definition) is 2. The molecule has 2 rings (SSSR count). The molecule has 2 aliphatic carbocycles. The largest absolute Gasteiger partial charge is 0.388 e. The highest BCUT2D eigenvalue weighted by Crippen LogP contribution is 2.47. The third kappa shape index (κ3) is 2.48. The molecule has 0 aromatic rings. The van der Waals surface area contributed by atoms with E-state index in [2.05, 4.69) is 6.92 Å². The van der Waals surface area contributed by atoms with Gasteiger partial charge in [0, 0.05) is 18.4 Å². The van der Waals surface area contributed by atoms with Gasteiger partial charge in [-0.1, -0.05) is 6.92 Å². The first-order valence-electron chi connectivity index (χ1n) is 6.66. The van der Waals surface area contributed by atoms with Crippen LogP contribution in [0.25, 0.3) is 0 Å². The van der Waals surface area contributed by atoms with Crippen molar-refractivity contribution in [1.29, 1.82) is 0 Å². The van der Waals surface area contributed by atoms with Gasteiger partial charge in [0.15, 0.2) is 0 Å². The molecule has 17 heavy (non-hydrogen) atoms. The predicted molar refractivity (Wildman–Crippen MR) is 62.9 cm³/mol. The highest BCUT2D eigenvalue weighted by molar-refractivity contribution is 5.08. The summed E-state index contributed by atoms with van der Waals surface area (Å²) in [4.78, 5) is 0. The summed E-state index contributed by atoms with van der Waals surface area (Å²) in [7, 11) is 0. The lowest BCUT2D eigenvalue weighted by atomic mass is 9.63. The lowest BCUT2D eigenvalue weighted by Crippen LogP contribution is -2.64. The van der Waals surface area contributed by atoms with Gasteiger partial charge in [-0.3, -0.25) is 0 Å². The zero-order chi connectivity index (χ0) is 12.7. The van der Waals surface area contributed by atoms with Crippen LogP contribution in [-0.2, 0) is 0 Å². The molecule has 4 heteroatoms. The fourth-order valence-corrected chi connectivity index (χ4v) is 3.26. The average molecular weight is 247 g/mol. The summed E-state index contributed by atoms with van der Waals surface area (Å²) >= 11 is 0. The minimum Gasteiger partial charge on any atom is -0.388 e. The van der Waals surface area contributed by atoms with E-state index in [4.69, 9.17) is 5.73 Å². The molecule has 3 N–H and O–H groups in total. The second-order valence-corrected chi connectivity index (χ2v) is 6.23. The predicted octanol–water partition coefficient (Wildman–Crippen LogP) is 2.83. The standard InChI is InChI=1S/C13H23F2NO/c1-10-2-4-12(17,5-3-10)11(16)6-8-13(14,15)9-7-11/h10,17H,2-9,16H2,1H3. The van der Waals surface area contributed by atoms with Gasteiger partial charge < -0.3 is 10.8 Å². The molecule has 2 aliphatic rings. The SMILES string of the molecule is CC1CCC(O)(C2(N)CCC(F)(F)CC2)CC1. The van der Waals surface area contributed by atoms with E-state index in [1.807, 2.05) is 0 Å². The molecule has 2 nitrogen and oxygen atoms in total. The Labute approximate surface area is 102 Å². The Balaban J connectivity index is 2.06. The molecule has 0 saturated heterocycles. The normalized spacial score (nSPS) is 41.1. The van der Waals surface area contributed by atoms with Crippen molar-refractivity contribution < 1.29 is 13.9 Å². The molecule has 0 bridgehead atoms. The maximum atomic E-state index is 13.2. The van der Waals surface area contributed by atoms with E-state index in [1.165, 1.54) is 0 Å². The van der Waals surface area contributed by atoms with Gasteiger partial charge in [0.1, 0.15) is 0 Å². The fraction of sp³-hybridized carbons (Fsp3) is 1.00. The topological polar surface area (TPSA) is 46.2 Å². The zero-order valence-electron chi connectivity index (χ0n) is 10.5. The second-order valence-electron chi connectivity index (χ2n) is 6.23. The Morgan fingerprint density at radius 1 is 1.00 bits per heavy atom. The Kier molecular flexibility index (Phi) is 3.24. The number of halogens is 2. The fourth-order valence-electron chi connectivity index (χ4n) is 3.26. The number of hydrogen-bond acceptors (Lipinski definition) is 2. The first-order chi connectivity index (χ1) is 7.77. The molecule has 0 aromatic carbocycles. The molecule has 0 amide bonds. The molecule has 0 radical (unpaired) electrons. The molecule has 2 fully saturated rings. The van der Waals surface area contributed by atoms with Crippen LogP contribution in [0.3, 0.4) is 0 Å². The first-order valence-corrected chi connectivity index (χ1v) is 6.66. The van der Waals surface area contributed by atoms with Gasteiger partial charge in [-0.25, -0.2) is 8.78 Å². The third-order valence-electron chi connectivity index (χ3n) is 4.90. The first kappa shape index (κ1) is 13.2. The highest BCUT2D eigenvalue weighted by Gasteiger charge is 2.53. The highest BCUT2D eigenvalue weighted by atomic mass is 19.3. The Hall–Kier alpha value is -0.220. The van der Waals surface area contributed by atoms with Gasteiger partial charge in [0.25, 0.3) is 0 Å². The summed E-state index contributed by atoms with van der Waals surface area (Å²) in [6.07, 6.45) is 3.35. The zero-order valence-corrected chi connectivity index (χ0v) is 10.5. The van der Waals surface area contributed by atoms with Crippen molar-refractivity contribution in [2.24, 2.45) is 11.7 Å². The lowest BCUT2D eigenvalue weighted by molar-refractivity contribution is -0.123. The average Bonchev–Trinajstić information content (AvgIpc) is 2.27. The van der Waals surface area contributed by atoms with Gasteiger partial charge in [-0.15, -0.1) is 0 Å². The quantitative estimate of drug-likeness (QED) is 0.748. The van der Waals surface area contributed by atoms with Crippen LogP contribution in [0.1, 0.15) is 58.3 Å². The lowest BCUT2D eigenvalue weighted by Gasteiger charge is -2.51. The van der Waals surface area contributed by atoms with E-state index < -0.39 is 17.1 Å².